The van der Waals surface area contributed by atoms with Gasteiger partial charge in [-0.25, -0.2) is 33.7 Å². The monoisotopic (exact) mass is 1110 g/mol. The van der Waals surface area contributed by atoms with Crippen LogP contribution in [-0.2, 0) is 67.3 Å². The number of nitrogen functional groups attached to an aromatic ring is 1. The number of benzene rings is 4. The number of nitrogens with two attached hydrogens (primary N) is 1. The Balaban J connectivity index is 0. The number of rotatable bonds is 23. The Labute approximate surface area is 486 Å². The maximum atomic E-state index is 13.1. The Morgan fingerprint density at radius 3 is 1.72 bits per heavy atom. The van der Waals surface area contributed by atoms with Crippen LogP contribution in [-0.4, -0.2) is 93.9 Å². The molecule has 0 radical (unpaired) electrons. The van der Waals surface area contributed by atoms with E-state index in [-0.39, 0.29) is 189 Å². The number of aromatic hydroxyl groups is 1. The number of hydrogen-bond donors (Lipinski definition) is 2. The van der Waals surface area contributed by atoms with Crippen molar-refractivity contribution in [2.45, 2.75) is 33.9 Å². The Kier molecular flexibility index (Phi) is 31.3. The van der Waals surface area contributed by atoms with Crippen molar-refractivity contribution in [2.24, 2.45) is 20.5 Å². The quantitative estimate of drug-likeness (QED) is 0.00801. The van der Waals surface area contributed by atoms with E-state index in [1.54, 1.807) is 0 Å². The molecule has 4 aromatic carbocycles. The van der Waals surface area contributed by atoms with Gasteiger partial charge >= 0.3 is 118 Å². The van der Waals surface area contributed by atoms with Gasteiger partial charge in [0.2, 0.25) is 10.4 Å². The minimum absolute atomic E-state index is 0. The average Bonchev–Trinajstić information content (AvgIpc) is 3.20. The van der Waals surface area contributed by atoms with E-state index in [0.717, 1.165) is 51.7 Å². The zero-order valence-corrected chi connectivity index (χ0v) is 49.0. The second kappa shape index (κ2) is 30.6. The number of aryl methyl sites for hydroxylation is 1. The van der Waals surface area contributed by atoms with E-state index in [9.17, 15) is 58.4 Å². The molecule has 4 aromatic rings. The molecule has 0 atom stereocenters. The summed E-state index contributed by atoms with van der Waals surface area (Å²) in [6.07, 6.45) is 0. The van der Waals surface area contributed by atoms with E-state index in [2.05, 4.69) is 43.4 Å². The van der Waals surface area contributed by atoms with Gasteiger partial charge in [-0.2, -0.15) is 4.33 Å². The SMILES string of the molecule is C.COc1cc(S(=O)(=O)CCOS(=O)(=O)[O-])c(C)cc1N=Nc1cc(S(=O)(=O)[O-])c2cc(SOO[O-])c(N=Nc3cc(OC)c(S(=O)(=O)CCOSOO[O-])cc3OC)c(O)c2c1N.[Na+].[Na+].[Na+].[Na+]. The smallest absolute Gasteiger partial charge is 0.744 e. The molecule has 0 heterocycles. The summed E-state index contributed by atoms with van der Waals surface area (Å²) in [7, 11) is -15.7. The molecule has 37 heteroatoms. The summed E-state index contributed by atoms with van der Waals surface area (Å²) in [6.45, 7) is -0.144. The summed E-state index contributed by atoms with van der Waals surface area (Å²) in [4.78, 5) is -2.21. The number of hydrogen-bond acceptors (Lipinski definition) is 29. The van der Waals surface area contributed by atoms with Crippen LogP contribution in [0, 0.1) is 6.92 Å². The first kappa shape index (κ1) is 69.5. The topological polar surface area (TPSA) is 408 Å². The molecular formula is C31H33N5Na4O22S6. The van der Waals surface area contributed by atoms with Crippen LogP contribution in [0.3, 0.4) is 0 Å². The molecule has 0 aliphatic rings. The minimum atomic E-state index is -5.46. The maximum absolute atomic E-state index is 13.1. The molecule has 0 bridgehead atoms. The van der Waals surface area contributed by atoms with Crippen molar-refractivity contribution < 1.29 is 218 Å². The number of anilines is 1. The standard InChI is InChI=1S/C30H33N5O22S6.CH4.4Na/c1-15-9-17(20(49-2)13-24(15)60(39,40)8-6-53-63(46,47)48)32-34-19-12-25(62(43,44)45)16-10-23(58-56-54-37)29(30(36)27(16)28(19)31)35-33-18-11-22(51-4)26(14-21(18)50-3)61(41,42)7-5-52-59-57-55-38;;;;;/h9-14,36-38H,5-8,31H2,1-4H3,(H,43,44,45)(H,46,47,48);1H4;;;;/q;;4*+1/p-4. The van der Waals surface area contributed by atoms with Crippen LogP contribution in [0.25, 0.3) is 10.8 Å². The van der Waals surface area contributed by atoms with Gasteiger partial charge < -0.3 is 44.7 Å². The second-order valence-corrected chi connectivity index (χ2v) is 19.5. The average molecular weight is 1110 g/mol. The molecule has 0 aromatic heterocycles. The van der Waals surface area contributed by atoms with Crippen molar-refractivity contribution in [1.82, 2.24) is 0 Å². The first-order chi connectivity index (χ1) is 29.5. The molecular weight excluding hydrogens is 1080 g/mol. The predicted molar refractivity (Wildman–Crippen MR) is 214 cm³/mol. The number of phenolic OH excluding ortho intramolecular Hbond substituents is 1. The Bertz CT molecular complexity index is 2890. The molecule has 0 spiro atoms. The molecule has 68 heavy (non-hydrogen) atoms. The number of methoxy groups -OCH3 is 3. The van der Waals surface area contributed by atoms with Crippen LogP contribution in [0.2, 0.25) is 0 Å². The summed E-state index contributed by atoms with van der Waals surface area (Å²) >= 11 is 0.168. The number of azo groups is 2. The van der Waals surface area contributed by atoms with Crippen LogP contribution in [0.15, 0.2) is 76.4 Å². The summed E-state index contributed by atoms with van der Waals surface area (Å²) in [5, 5.41) is 53.6. The molecule has 0 saturated carbocycles. The number of fused-ring (bicyclic) bond motifs is 1. The summed E-state index contributed by atoms with van der Waals surface area (Å²) in [5.74, 6) is -3.32. The van der Waals surface area contributed by atoms with E-state index >= 15 is 0 Å². The van der Waals surface area contributed by atoms with Crippen molar-refractivity contribution in [3.63, 3.8) is 0 Å². The third-order valence-corrected chi connectivity index (χ3v) is 13.8. The molecule has 3 N–H and O–H groups in total. The van der Waals surface area contributed by atoms with Gasteiger partial charge in [0, 0.05) is 23.6 Å². The van der Waals surface area contributed by atoms with E-state index in [1.165, 1.54) is 6.92 Å². The van der Waals surface area contributed by atoms with E-state index in [0.29, 0.717) is 6.07 Å². The zero-order chi connectivity index (χ0) is 46.9. The van der Waals surface area contributed by atoms with E-state index in [4.69, 9.17) is 24.1 Å². The fourth-order valence-corrected chi connectivity index (χ4v) is 9.80. The fourth-order valence-electron chi connectivity index (χ4n) is 5.30. The van der Waals surface area contributed by atoms with Crippen LogP contribution in [0.5, 0.6) is 23.0 Å². The molecule has 0 fully saturated rings. The Morgan fingerprint density at radius 2 is 1.18 bits per heavy atom. The van der Waals surface area contributed by atoms with Crippen molar-refractivity contribution in [3.8, 4) is 23.0 Å². The van der Waals surface area contributed by atoms with Gasteiger partial charge in [-0.05, 0) is 30.7 Å². The molecule has 0 aliphatic heterocycles. The molecule has 0 unspecified atom stereocenters. The van der Waals surface area contributed by atoms with Crippen LogP contribution >= 0.6 is 24.4 Å². The molecule has 0 amide bonds. The van der Waals surface area contributed by atoms with Crippen molar-refractivity contribution in [2.75, 3.05) is 51.8 Å². The van der Waals surface area contributed by atoms with Gasteiger partial charge in [-0.15, -0.1) is 24.8 Å². The number of nitrogens with zero attached hydrogens (tertiary/aromatic N) is 4. The molecule has 0 saturated heterocycles. The molecule has 4 rings (SSSR count). The van der Waals surface area contributed by atoms with Crippen LogP contribution < -0.4 is 149 Å². The van der Waals surface area contributed by atoms with Gasteiger partial charge in [-0.1, -0.05) is 7.43 Å². The second-order valence-electron chi connectivity index (χ2n) is 11.7. The van der Waals surface area contributed by atoms with E-state index in [1.807, 2.05) is 0 Å². The van der Waals surface area contributed by atoms with Crippen molar-refractivity contribution >= 4 is 104 Å². The van der Waals surface area contributed by atoms with Gasteiger partial charge in [0.05, 0.1) is 83.9 Å². The van der Waals surface area contributed by atoms with Crippen LogP contribution in [0.4, 0.5) is 28.4 Å². The van der Waals surface area contributed by atoms with Crippen LogP contribution in [0.1, 0.15) is 13.0 Å². The minimum Gasteiger partial charge on any atom is -0.744 e. The number of ether oxygens (including phenoxy) is 3. The largest absolute Gasteiger partial charge is 1.00 e. The third-order valence-electron chi connectivity index (χ3n) is 7.99. The third kappa shape index (κ3) is 18.4. The summed E-state index contributed by atoms with van der Waals surface area (Å²) in [5.41, 5.74) is 4.27. The van der Waals surface area contributed by atoms with Crippen molar-refractivity contribution in [3.05, 3.63) is 42.0 Å². The van der Waals surface area contributed by atoms with Gasteiger partial charge in [0.25, 0.3) is 0 Å². The predicted octanol–water partition coefficient (Wildman–Crippen LogP) is -9.09. The number of sulfone groups is 2. The van der Waals surface area contributed by atoms with Gasteiger partial charge in [-0.3, -0.25) is 18.4 Å². The zero-order valence-electron chi connectivity index (χ0n) is 36.1. The van der Waals surface area contributed by atoms with Gasteiger partial charge in [0.15, 0.2) is 37.7 Å². The van der Waals surface area contributed by atoms with Gasteiger partial charge in [0.1, 0.15) is 55.0 Å². The molecule has 27 nitrogen and oxygen atoms in total. The van der Waals surface area contributed by atoms with Crippen molar-refractivity contribution in [1.29, 1.82) is 0 Å². The number of phenols is 1. The first-order valence-corrected chi connectivity index (χ1v) is 23.8. The summed E-state index contributed by atoms with van der Waals surface area (Å²) < 4.78 is 155. The first-order valence-electron chi connectivity index (χ1n) is 16.3. The molecule has 354 valence electrons. The fraction of sp³-hybridized carbons (Fsp3) is 0.290. The van der Waals surface area contributed by atoms with E-state index < -0.39 is 113 Å². The molecule has 0 aliphatic carbocycles. The summed E-state index contributed by atoms with van der Waals surface area (Å²) in [6, 6.07) is 5.85. The Morgan fingerprint density at radius 1 is 0.662 bits per heavy atom. The maximum Gasteiger partial charge on any atom is 1.00 e. The normalized spacial score (nSPS) is 11.8. The Hall–Kier alpha value is -0.560.